The average molecular weight is 469 g/mol. The van der Waals surface area contributed by atoms with Crippen molar-refractivity contribution in [3.63, 3.8) is 0 Å². The highest BCUT2D eigenvalue weighted by atomic mass is 35.5. The molecular weight excluding hydrogens is 447 g/mol. The predicted molar refractivity (Wildman–Crippen MR) is 122 cm³/mol. The van der Waals surface area contributed by atoms with Gasteiger partial charge < -0.3 is 14.6 Å². The summed E-state index contributed by atoms with van der Waals surface area (Å²) in [5.74, 6) is 0.667. The van der Waals surface area contributed by atoms with E-state index in [4.69, 9.17) is 20.9 Å². The third-order valence-corrected chi connectivity index (χ3v) is 5.51. The fourth-order valence-corrected chi connectivity index (χ4v) is 3.47. The van der Waals surface area contributed by atoms with Gasteiger partial charge in [-0.1, -0.05) is 40.5 Å². The number of carbonyl (C=O) groups excluding carboxylic acids is 1. The number of ether oxygens (including phenoxy) is 1. The summed E-state index contributed by atoms with van der Waals surface area (Å²) in [6, 6.07) is 13.5. The highest BCUT2D eigenvalue weighted by molar-refractivity contribution is 6.31. The van der Waals surface area contributed by atoms with E-state index in [0.29, 0.717) is 40.0 Å². The van der Waals surface area contributed by atoms with Gasteiger partial charge in [-0.25, -0.2) is 4.39 Å². The molecule has 0 spiro atoms. The number of nitrogens with one attached hydrogen (secondary N) is 1. The van der Waals surface area contributed by atoms with Crippen LogP contribution < -0.4 is 10.1 Å². The quantitative estimate of drug-likeness (QED) is 0.389. The zero-order chi connectivity index (χ0) is 23.5. The van der Waals surface area contributed by atoms with Crippen LogP contribution in [0.25, 0.3) is 0 Å². The van der Waals surface area contributed by atoms with E-state index >= 15 is 0 Å². The number of hydrogen-bond donors (Lipinski definition) is 1. The number of amides is 1. The molecule has 0 radical (unpaired) electrons. The van der Waals surface area contributed by atoms with Gasteiger partial charge in [0.05, 0.1) is 12.1 Å². The van der Waals surface area contributed by atoms with Crippen molar-refractivity contribution in [3.8, 4) is 5.75 Å². The summed E-state index contributed by atoms with van der Waals surface area (Å²) in [6.07, 6.45) is 0. The summed E-state index contributed by atoms with van der Waals surface area (Å²) >= 11 is 6.12. The molecule has 2 aromatic heterocycles. The number of aromatic nitrogens is 3. The lowest BCUT2D eigenvalue weighted by molar-refractivity contribution is 0.101. The minimum atomic E-state index is -0.459. The lowest BCUT2D eigenvalue weighted by atomic mass is 10.2. The molecule has 0 saturated heterocycles. The smallest absolute Gasteiger partial charge is 0.279 e. The van der Waals surface area contributed by atoms with E-state index < -0.39 is 11.7 Å². The summed E-state index contributed by atoms with van der Waals surface area (Å²) in [4.78, 5) is 12.9. The summed E-state index contributed by atoms with van der Waals surface area (Å²) in [7, 11) is 0. The third-order valence-electron chi connectivity index (χ3n) is 5.16. The molecule has 0 saturated carbocycles. The van der Waals surface area contributed by atoms with Crippen molar-refractivity contribution in [2.75, 3.05) is 5.32 Å². The lowest BCUT2D eigenvalue weighted by Gasteiger charge is -2.07. The zero-order valence-corrected chi connectivity index (χ0v) is 19.1. The van der Waals surface area contributed by atoms with Crippen molar-refractivity contribution in [1.29, 1.82) is 0 Å². The monoisotopic (exact) mass is 468 g/mol. The van der Waals surface area contributed by atoms with E-state index in [0.717, 1.165) is 11.3 Å². The molecule has 4 aromatic rings. The normalized spacial score (nSPS) is 10.9. The van der Waals surface area contributed by atoms with Gasteiger partial charge in [-0.05, 0) is 50.6 Å². The lowest BCUT2D eigenvalue weighted by Crippen LogP contribution is -2.16. The third kappa shape index (κ3) is 5.23. The Balaban J connectivity index is 1.46. The van der Waals surface area contributed by atoms with Gasteiger partial charge in [0.25, 0.3) is 5.91 Å². The molecule has 7 nitrogen and oxygen atoms in total. The second-order valence-corrected chi connectivity index (χ2v) is 8.09. The summed E-state index contributed by atoms with van der Waals surface area (Å²) < 4.78 is 26.0. The van der Waals surface area contributed by atoms with Crippen molar-refractivity contribution >= 4 is 23.3 Å². The second kappa shape index (κ2) is 9.46. The van der Waals surface area contributed by atoms with Gasteiger partial charge in [0, 0.05) is 16.8 Å². The van der Waals surface area contributed by atoms with Crippen LogP contribution in [0.1, 0.15) is 38.6 Å². The molecule has 9 heteroatoms. The standard InChI is InChI=1S/C24H22ClFN4O3/c1-14-4-8-19(9-5-14)32-13-20-16(3)33-29-23(20)24(31)27-22-10-15(2)30(28-22)12-17-6-7-18(26)11-21(17)25/h4-11H,12-13H2,1-3H3,(H,27,28,31). The van der Waals surface area contributed by atoms with Crippen molar-refractivity contribution in [2.45, 2.75) is 33.9 Å². The molecule has 0 aliphatic heterocycles. The largest absolute Gasteiger partial charge is 0.489 e. The van der Waals surface area contributed by atoms with Crippen LogP contribution >= 0.6 is 11.6 Å². The molecule has 0 fully saturated rings. The Hall–Kier alpha value is -3.65. The number of aryl methyl sites for hydroxylation is 3. The van der Waals surface area contributed by atoms with Crippen molar-refractivity contribution in [1.82, 2.24) is 14.9 Å². The number of benzene rings is 2. The molecule has 2 aromatic carbocycles. The van der Waals surface area contributed by atoms with Crippen molar-refractivity contribution in [3.05, 3.63) is 93.2 Å². The minimum absolute atomic E-state index is 0.133. The maximum absolute atomic E-state index is 13.3. The molecule has 1 N–H and O–H groups in total. The molecule has 0 unspecified atom stereocenters. The van der Waals surface area contributed by atoms with E-state index in [-0.39, 0.29) is 12.3 Å². The van der Waals surface area contributed by atoms with E-state index in [1.807, 2.05) is 38.1 Å². The second-order valence-electron chi connectivity index (χ2n) is 7.69. The van der Waals surface area contributed by atoms with Gasteiger partial charge in [-0.15, -0.1) is 0 Å². The molecule has 0 atom stereocenters. The fourth-order valence-electron chi connectivity index (χ4n) is 3.25. The maximum Gasteiger partial charge on any atom is 0.279 e. The highest BCUT2D eigenvalue weighted by Crippen LogP contribution is 2.22. The molecule has 4 rings (SSSR count). The first kappa shape index (κ1) is 22.5. The number of halogens is 2. The molecule has 33 heavy (non-hydrogen) atoms. The van der Waals surface area contributed by atoms with Crippen LogP contribution in [0.15, 0.2) is 53.1 Å². The first-order valence-corrected chi connectivity index (χ1v) is 10.6. The molecule has 0 bridgehead atoms. The fraction of sp³-hybridized carbons (Fsp3) is 0.208. The Bertz CT molecular complexity index is 1300. The van der Waals surface area contributed by atoms with E-state index in [1.54, 1.807) is 23.7 Å². The Morgan fingerprint density at radius 2 is 1.91 bits per heavy atom. The van der Waals surface area contributed by atoms with Crippen LogP contribution in [0.2, 0.25) is 5.02 Å². The number of nitrogens with zero attached hydrogens (tertiary/aromatic N) is 3. The molecule has 1 amide bonds. The van der Waals surface area contributed by atoms with Gasteiger partial charge in [0.1, 0.15) is 23.9 Å². The molecule has 170 valence electrons. The number of hydrogen-bond acceptors (Lipinski definition) is 5. The molecule has 0 aliphatic carbocycles. The molecule has 0 aliphatic rings. The van der Waals surface area contributed by atoms with Gasteiger partial charge in [0.2, 0.25) is 0 Å². The summed E-state index contributed by atoms with van der Waals surface area (Å²) in [6.45, 7) is 6.04. The number of carbonyl (C=O) groups is 1. The van der Waals surface area contributed by atoms with Crippen LogP contribution in [0.4, 0.5) is 10.2 Å². The van der Waals surface area contributed by atoms with Crippen LogP contribution in [0.3, 0.4) is 0 Å². The van der Waals surface area contributed by atoms with E-state index in [1.165, 1.54) is 12.1 Å². The number of rotatable bonds is 7. The summed E-state index contributed by atoms with van der Waals surface area (Å²) in [5.41, 5.74) is 3.32. The predicted octanol–water partition coefficient (Wildman–Crippen LogP) is 5.47. The maximum atomic E-state index is 13.3. The molecular formula is C24H22ClFN4O3. The Kier molecular flexibility index (Phi) is 6.46. The topological polar surface area (TPSA) is 82.2 Å². The van der Waals surface area contributed by atoms with E-state index in [2.05, 4.69) is 15.6 Å². The Morgan fingerprint density at radius 1 is 1.15 bits per heavy atom. The first-order valence-electron chi connectivity index (χ1n) is 10.2. The van der Waals surface area contributed by atoms with Crippen LogP contribution in [-0.4, -0.2) is 20.8 Å². The first-order chi connectivity index (χ1) is 15.8. The number of anilines is 1. The highest BCUT2D eigenvalue weighted by Gasteiger charge is 2.21. The van der Waals surface area contributed by atoms with Gasteiger partial charge in [-0.2, -0.15) is 5.10 Å². The van der Waals surface area contributed by atoms with Crippen LogP contribution in [0, 0.1) is 26.6 Å². The summed E-state index contributed by atoms with van der Waals surface area (Å²) in [5, 5.41) is 11.4. The Labute approximate surface area is 195 Å². The van der Waals surface area contributed by atoms with Crippen molar-refractivity contribution < 1.29 is 18.4 Å². The zero-order valence-electron chi connectivity index (χ0n) is 18.4. The van der Waals surface area contributed by atoms with Crippen LogP contribution in [0.5, 0.6) is 5.75 Å². The SMILES string of the molecule is Cc1ccc(OCc2c(C(=O)Nc3cc(C)n(Cc4ccc(F)cc4Cl)n3)noc2C)cc1. The van der Waals surface area contributed by atoms with Crippen molar-refractivity contribution in [2.24, 2.45) is 0 Å². The Morgan fingerprint density at radius 3 is 2.64 bits per heavy atom. The van der Waals surface area contributed by atoms with E-state index in [9.17, 15) is 9.18 Å². The minimum Gasteiger partial charge on any atom is -0.489 e. The molecule has 2 heterocycles. The van der Waals surface area contributed by atoms with Gasteiger partial charge >= 0.3 is 0 Å². The van der Waals surface area contributed by atoms with Gasteiger partial charge in [-0.3, -0.25) is 9.48 Å². The van der Waals surface area contributed by atoms with Crippen LogP contribution in [-0.2, 0) is 13.2 Å². The average Bonchev–Trinajstić information content (AvgIpc) is 3.31. The van der Waals surface area contributed by atoms with Gasteiger partial charge in [0.15, 0.2) is 11.5 Å².